The maximum Gasteiger partial charge on any atom is 0.357 e. The molecule has 100 valence electrons. The minimum absolute atomic E-state index is 0.316. The van der Waals surface area contributed by atoms with E-state index in [4.69, 9.17) is 10.5 Å². The summed E-state index contributed by atoms with van der Waals surface area (Å²) in [4.78, 5) is 15.9. The molecular weight excluding hydrogens is 248 g/mol. The van der Waals surface area contributed by atoms with Gasteiger partial charge in [-0.05, 0) is 24.7 Å². The Morgan fingerprint density at radius 2 is 2.44 bits per heavy atom. The number of thiazole rings is 1. The second-order valence-corrected chi connectivity index (χ2v) is 6.01. The topological polar surface area (TPSA) is 65.2 Å². The molecule has 18 heavy (non-hydrogen) atoms. The minimum atomic E-state index is -0.316. The molecule has 0 saturated heterocycles. The van der Waals surface area contributed by atoms with Crippen molar-refractivity contribution < 1.29 is 9.53 Å². The molecule has 1 aliphatic carbocycles. The Morgan fingerprint density at radius 1 is 1.61 bits per heavy atom. The fraction of sp³-hybridized carbons (Fsp3) is 0.692. The zero-order chi connectivity index (χ0) is 13.0. The number of aromatic nitrogens is 1. The van der Waals surface area contributed by atoms with E-state index in [2.05, 4.69) is 11.9 Å². The van der Waals surface area contributed by atoms with Gasteiger partial charge in [0.1, 0.15) is 5.01 Å². The molecule has 4 nitrogen and oxygen atoms in total. The summed E-state index contributed by atoms with van der Waals surface area (Å²) in [7, 11) is 0. The third kappa shape index (κ3) is 3.53. The number of carbonyl (C=O) groups is 1. The van der Waals surface area contributed by atoms with E-state index in [0.29, 0.717) is 24.8 Å². The molecule has 1 heterocycles. The zero-order valence-electron chi connectivity index (χ0n) is 10.7. The van der Waals surface area contributed by atoms with Crippen molar-refractivity contribution in [2.75, 3.05) is 6.61 Å². The molecular formula is C13H20N2O2S. The normalized spacial score (nSPS) is 23.9. The molecule has 2 unspecified atom stereocenters. The van der Waals surface area contributed by atoms with Gasteiger partial charge < -0.3 is 10.5 Å². The number of carbonyl (C=O) groups excluding carboxylic acids is 1. The number of esters is 1. The average molecular weight is 268 g/mol. The van der Waals surface area contributed by atoms with Gasteiger partial charge in [-0.1, -0.05) is 19.8 Å². The van der Waals surface area contributed by atoms with E-state index in [1.807, 2.05) is 0 Å². The van der Waals surface area contributed by atoms with Crippen molar-refractivity contribution in [2.45, 2.75) is 39.2 Å². The van der Waals surface area contributed by atoms with Gasteiger partial charge in [-0.3, -0.25) is 0 Å². The van der Waals surface area contributed by atoms with E-state index in [1.165, 1.54) is 37.0 Å². The van der Waals surface area contributed by atoms with Crippen LogP contribution in [0.4, 0.5) is 0 Å². The van der Waals surface area contributed by atoms with Gasteiger partial charge in [0.15, 0.2) is 5.69 Å². The second-order valence-electron chi connectivity index (χ2n) is 5.07. The predicted octanol–water partition coefficient (Wildman–Crippen LogP) is 2.58. The molecule has 1 aliphatic rings. The van der Waals surface area contributed by atoms with E-state index in [1.54, 1.807) is 5.38 Å². The van der Waals surface area contributed by atoms with Crippen LogP contribution in [0, 0.1) is 11.8 Å². The molecule has 0 spiro atoms. The Bertz CT molecular complexity index is 405. The lowest BCUT2D eigenvalue weighted by molar-refractivity contribution is 0.0384. The molecule has 0 bridgehead atoms. The number of rotatable bonds is 4. The lowest BCUT2D eigenvalue weighted by Crippen LogP contribution is -2.20. The van der Waals surface area contributed by atoms with Crippen LogP contribution in [-0.4, -0.2) is 17.6 Å². The molecule has 0 aliphatic heterocycles. The maximum atomic E-state index is 11.8. The van der Waals surface area contributed by atoms with Gasteiger partial charge in [0.2, 0.25) is 0 Å². The lowest BCUT2D eigenvalue weighted by atomic mass is 9.83. The highest BCUT2D eigenvalue weighted by molar-refractivity contribution is 7.09. The summed E-state index contributed by atoms with van der Waals surface area (Å²) in [5.41, 5.74) is 5.86. The average Bonchev–Trinajstić information content (AvgIpc) is 2.85. The fourth-order valence-electron chi connectivity index (χ4n) is 2.48. The highest BCUT2D eigenvalue weighted by atomic mass is 32.1. The summed E-state index contributed by atoms with van der Waals surface area (Å²) >= 11 is 1.40. The van der Waals surface area contributed by atoms with Crippen molar-refractivity contribution in [3.63, 3.8) is 0 Å². The Kier molecular flexibility index (Phi) is 4.72. The molecule has 2 N–H and O–H groups in total. The molecule has 0 amide bonds. The number of hydrogen-bond donors (Lipinski definition) is 1. The third-order valence-electron chi connectivity index (χ3n) is 3.43. The van der Waals surface area contributed by atoms with Crippen LogP contribution in [-0.2, 0) is 11.3 Å². The largest absolute Gasteiger partial charge is 0.461 e. The number of nitrogens with zero attached hydrogens (tertiary/aromatic N) is 1. The van der Waals surface area contributed by atoms with Crippen molar-refractivity contribution in [1.82, 2.24) is 4.98 Å². The molecule has 1 fully saturated rings. The molecule has 5 heteroatoms. The van der Waals surface area contributed by atoms with Crippen molar-refractivity contribution in [3.8, 4) is 0 Å². The van der Waals surface area contributed by atoms with Gasteiger partial charge in [-0.2, -0.15) is 0 Å². The van der Waals surface area contributed by atoms with Crippen LogP contribution < -0.4 is 5.73 Å². The Morgan fingerprint density at radius 3 is 3.11 bits per heavy atom. The molecule has 1 saturated carbocycles. The Hall–Kier alpha value is -0.940. The predicted molar refractivity (Wildman–Crippen MR) is 71.4 cm³/mol. The van der Waals surface area contributed by atoms with Crippen LogP contribution in [0.2, 0.25) is 0 Å². The number of nitrogens with two attached hydrogens (primary N) is 1. The van der Waals surface area contributed by atoms with Gasteiger partial charge in [0.05, 0.1) is 6.61 Å². The summed E-state index contributed by atoms with van der Waals surface area (Å²) in [6, 6.07) is 0. The van der Waals surface area contributed by atoms with Gasteiger partial charge in [0, 0.05) is 11.9 Å². The lowest BCUT2D eigenvalue weighted by Gasteiger charge is -2.26. The highest BCUT2D eigenvalue weighted by Gasteiger charge is 2.21. The molecule has 1 aromatic rings. The summed E-state index contributed by atoms with van der Waals surface area (Å²) in [5.74, 6) is 0.958. The van der Waals surface area contributed by atoms with Crippen LogP contribution in [0.3, 0.4) is 0 Å². The van der Waals surface area contributed by atoms with Crippen LogP contribution in [0.25, 0.3) is 0 Å². The standard InChI is InChI=1S/C13H20N2O2S/c1-9-3-2-4-10(5-9)7-17-13(16)11-8-18-12(6-14)15-11/h8-10H,2-7,14H2,1H3. The molecule has 1 aromatic heterocycles. The fourth-order valence-corrected chi connectivity index (χ4v) is 3.12. The zero-order valence-corrected chi connectivity index (χ0v) is 11.5. The van der Waals surface area contributed by atoms with E-state index in [9.17, 15) is 4.79 Å². The maximum absolute atomic E-state index is 11.8. The van der Waals surface area contributed by atoms with Crippen molar-refractivity contribution in [1.29, 1.82) is 0 Å². The molecule has 2 atom stereocenters. The quantitative estimate of drug-likeness (QED) is 0.852. The summed E-state index contributed by atoms with van der Waals surface area (Å²) in [5, 5.41) is 2.49. The van der Waals surface area contributed by atoms with Crippen molar-refractivity contribution in [2.24, 2.45) is 17.6 Å². The van der Waals surface area contributed by atoms with Crippen LogP contribution in [0.5, 0.6) is 0 Å². The van der Waals surface area contributed by atoms with Crippen LogP contribution >= 0.6 is 11.3 Å². The first-order valence-electron chi connectivity index (χ1n) is 6.50. The first kappa shape index (κ1) is 13.5. The smallest absolute Gasteiger partial charge is 0.357 e. The summed E-state index contributed by atoms with van der Waals surface area (Å²) in [6.45, 7) is 3.17. The Labute approximate surface area is 112 Å². The van der Waals surface area contributed by atoms with Crippen LogP contribution in [0.15, 0.2) is 5.38 Å². The monoisotopic (exact) mass is 268 g/mol. The number of ether oxygens (including phenoxy) is 1. The van der Waals surface area contributed by atoms with E-state index >= 15 is 0 Å². The van der Waals surface area contributed by atoms with Gasteiger partial charge in [0.25, 0.3) is 0 Å². The molecule has 2 rings (SSSR count). The third-order valence-corrected chi connectivity index (χ3v) is 4.30. The molecule has 0 aromatic carbocycles. The molecule has 0 radical (unpaired) electrons. The van der Waals surface area contributed by atoms with Crippen molar-refractivity contribution in [3.05, 3.63) is 16.1 Å². The minimum Gasteiger partial charge on any atom is -0.461 e. The van der Waals surface area contributed by atoms with Gasteiger partial charge in [-0.15, -0.1) is 11.3 Å². The van der Waals surface area contributed by atoms with Crippen molar-refractivity contribution >= 4 is 17.3 Å². The summed E-state index contributed by atoms with van der Waals surface area (Å²) < 4.78 is 5.34. The van der Waals surface area contributed by atoms with E-state index in [-0.39, 0.29) is 5.97 Å². The SMILES string of the molecule is CC1CCCC(COC(=O)c2csc(CN)n2)C1. The first-order chi connectivity index (χ1) is 8.69. The Balaban J connectivity index is 1.80. The van der Waals surface area contributed by atoms with Gasteiger partial charge >= 0.3 is 5.97 Å². The first-order valence-corrected chi connectivity index (χ1v) is 7.38. The highest BCUT2D eigenvalue weighted by Crippen LogP contribution is 2.28. The summed E-state index contributed by atoms with van der Waals surface area (Å²) in [6.07, 6.45) is 4.88. The second kappa shape index (κ2) is 6.29. The van der Waals surface area contributed by atoms with Gasteiger partial charge in [-0.25, -0.2) is 9.78 Å². The number of hydrogen-bond acceptors (Lipinski definition) is 5. The van der Waals surface area contributed by atoms with Crippen LogP contribution in [0.1, 0.15) is 48.1 Å². The van der Waals surface area contributed by atoms with E-state index in [0.717, 1.165) is 10.9 Å². The van der Waals surface area contributed by atoms with E-state index < -0.39 is 0 Å².